The van der Waals surface area contributed by atoms with Gasteiger partial charge in [0.1, 0.15) is 11.5 Å². The van der Waals surface area contributed by atoms with Gasteiger partial charge in [-0.05, 0) is 38.1 Å². The highest BCUT2D eigenvalue weighted by Gasteiger charge is 2.15. The third kappa shape index (κ3) is 3.32. The minimum Gasteiger partial charge on any atom is -0.337 e. The van der Waals surface area contributed by atoms with Crippen molar-refractivity contribution in [1.29, 1.82) is 0 Å². The van der Waals surface area contributed by atoms with Crippen LogP contribution >= 0.6 is 0 Å². The Labute approximate surface area is 161 Å². The van der Waals surface area contributed by atoms with Crippen LogP contribution in [0, 0.1) is 6.92 Å². The number of amides is 1. The maximum atomic E-state index is 12.9. The van der Waals surface area contributed by atoms with Gasteiger partial charge in [-0.3, -0.25) is 9.59 Å². The van der Waals surface area contributed by atoms with Crippen molar-refractivity contribution in [3.63, 3.8) is 0 Å². The summed E-state index contributed by atoms with van der Waals surface area (Å²) >= 11 is 0. The summed E-state index contributed by atoms with van der Waals surface area (Å²) in [6, 6.07) is 18.6. The average molecular weight is 372 g/mol. The van der Waals surface area contributed by atoms with Gasteiger partial charge in [-0.15, -0.1) is 0 Å². The quantitative estimate of drug-likeness (QED) is 0.569. The van der Waals surface area contributed by atoms with Gasteiger partial charge in [-0.2, -0.15) is 0 Å². The molecule has 0 aliphatic heterocycles. The molecular formula is C22H20N4O2. The lowest BCUT2D eigenvalue weighted by Gasteiger charge is -2.10. The van der Waals surface area contributed by atoms with Gasteiger partial charge >= 0.3 is 0 Å². The highest BCUT2D eigenvalue weighted by atomic mass is 16.2. The van der Waals surface area contributed by atoms with E-state index in [1.807, 2.05) is 60.0 Å². The Morgan fingerprint density at radius 2 is 1.93 bits per heavy atom. The largest absolute Gasteiger partial charge is 0.337 e. The van der Waals surface area contributed by atoms with Gasteiger partial charge in [0.25, 0.3) is 11.5 Å². The topological polar surface area (TPSA) is 79.8 Å². The fourth-order valence-corrected chi connectivity index (χ4v) is 3.39. The number of hydrogen-bond donors (Lipinski definition) is 2. The van der Waals surface area contributed by atoms with Crippen molar-refractivity contribution in [3.8, 4) is 11.4 Å². The number of aromatic amines is 1. The molecule has 0 bridgehead atoms. The third-order valence-corrected chi connectivity index (χ3v) is 4.62. The number of carbonyl (C=O) groups is 1. The van der Waals surface area contributed by atoms with Crippen molar-refractivity contribution >= 4 is 22.5 Å². The van der Waals surface area contributed by atoms with E-state index in [2.05, 4.69) is 15.3 Å². The number of fused-ring (bicyclic) bond motifs is 1. The zero-order valence-electron chi connectivity index (χ0n) is 15.7. The first kappa shape index (κ1) is 17.7. The molecule has 140 valence electrons. The Balaban J connectivity index is 1.67. The number of anilines is 1. The molecule has 4 aromatic rings. The Hall–Kier alpha value is -3.67. The van der Waals surface area contributed by atoms with Crippen LogP contribution in [0.15, 0.2) is 65.5 Å². The van der Waals surface area contributed by atoms with Gasteiger partial charge < -0.3 is 14.9 Å². The van der Waals surface area contributed by atoms with Gasteiger partial charge in [0.15, 0.2) is 0 Å². The highest BCUT2D eigenvalue weighted by molar-refractivity contribution is 6.06. The Kier molecular flexibility index (Phi) is 4.53. The lowest BCUT2D eigenvalue weighted by atomic mass is 10.2. The maximum Gasteiger partial charge on any atom is 0.272 e. The zero-order valence-corrected chi connectivity index (χ0v) is 15.7. The molecule has 0 saturated heterocycles. The maximum absolute atomic E-state index is 12.9. The molecule has 2 aromatic carbocycles. The summed E-state index contributed by atoms with van der Waals surface area (Å²) in [5.41, 5.74) is 3.45. The molecule has 6 heteroatoms. The molecule has 0 unspecified atom stereocenters. The Morgan fingerprint density at radius 1 is 1.11 bits per heavy atom. The Morgan fingerprint density at radius 3 is 2.71 bits per heavy atom. The molecule has 2 N–H and O–H groups in total. The first-order valence-corrected chi connectivity index (χ1v) is 9.13. The van der Waals surface area contributed by atoms with Gasteiger partial charge in [0.05, 0.1) is 0 Å². The number of hydrogen-bond acceptors (Lipinski definition) is 3. The number of para-hydroxylation sites is 1. The molecule has 0 aliphatic rings. The minimum absolute atomic E-state index is 0.180. The fraction of sp³-hybridized carbons (Fsp3) is 0.136. The predicted octanol–water partition coefficient (Wildman–Crippen LogP) is 3.97. The molecule has 1 amide bonds. The van der Waals surface area contributed by atoms with Gasteiger partial charge in [0.2, 0.25) is 0 Å². The lowest BCUT2D eigenvalue weighted by Crippen LogP contribution is -2.16. The van der Waals surface area contributed by atoms with E-state index in [-0.39, 0.29) is 11.5 Å². The average Bonchev–Trinajstić information content (AvgIpc) is 3.06. The van der Waals surface area contributed by atoms with Crippen LogP contribution in [0.4, 0.5) is 5.69 Å². The summed E-state index contributed by atoms with van der Waals surface area (Å²) in [5, 5.41) is 3.99. The van der Waals surface area contributed by atoms with E-state index in [0.717, 1.165) is 16.5 Å². The summed E-state index contributed by atoms with van der Waals surface area (Å²) in [4.78, 5) is 31.7. The van der Waals surface area contributed by atoms with E-state index in [1.165, 1.54) is 6.07 Å². The second-order valence-electron chi connectivity index (χ2n) is 6.60. The second-order valence-corrected chi connectivity index (χ2v) is 6.60. The van der Waals surface area contributed by atoms with Crippen LogP contribution in [0.1, 0.15) is 23.1 Å². The molecule has 2 heterocycles. The van der Waals surface area contributed by atoms with Crippen LogP contribution in [0.2, 0.25) is 0 Å². The number of nitrogens with one attached hydrogen (secondary N) is 2. The predicted molar refractivity (Wildman–Crippen MR) is 111 cm³/mol. The van der Waals surface area contributed by atoms with E-state index >= 15 is 0 Å². The molecule has 0 radical (unpaired) electrons. The van der Waals surface area contributed by atoms with Crippen molar-refractivity contribution < 1.29 is 4.79 Å². The number of benzene rings is 2. The minimum atomic E-state index is -0.204. The standard InChI is InChI=1S/C22H20N4O2/c1-3-26-18-10-5-4-7-15(18)13-19(26)22(28)24-17-9-6-8-16(12-17)21-23-14(2)11-20(27)25-21/h4-13H,3H2,1-2H3,(H,24,28)(H,23,25,27). The summed E-state index contributed by atoms with van der Waals surface area (Å²) in [6.45, 7) is 4.49. The monoisotopic (exact) mass is 372 g/mol. The summed E-state index contributed by atoms with van der Waals surface area (Å²) < 4.78 is 1.99. The van der Waals surface area contributed by atoms with Crippen LogP contribution < -0.4 is 10.9 Å². The zero-order chi connectivity index (χ0) is 19.7. The lowest BCUT2D eigenvalue weighted by molar-refractivity contribution is 0.101. The summed E-state index contributed by atoms with van der Waals surface area (Å²) in [7, 11) is 0. The van der Waals surface area contributed by atoms with E-state index in [9.17, 15) is 9.59 Å². The number of aromatic nitrogens is 3. The van der Waals surface area contributed by atoms with Crippen LogP contribution in [0.5, 0.6) is 0 Å². The molecule has 0 saturated carbocycles. The third-order valence-electron chi connectivity index (χ3n) is 4.62. The van der Waals surface area contributed by atoms with E-state index in [4.69, 9.17) is 0 Å². The summed E-state index contributed by atoms with van der Waals surface area (Å²) in [6.07, 6.45) is 0. The van der Waals surface area contributed by atoms with Crippen molar-refractivity contribution in [2.24, 2.45) is 0 Å². The van der Waals surface area contributed by atoms with Crippen molar-refractivity contribution in [3.05, 3.63) is 82.4 Å². The summed E-state index contributed by atoms with van der Waals surface area (Å²) in [5.74, 6) is 0.296. The Bertz CT molecular complexity index is 1240. The molecular weight excluding hydrogens is 352 g/mol. The number of carbonyl (C=O) groups excluding carboxylic acids is 1. The van der Waals surface area contributed by atoms with Crippen LogP contribution in [-0.2, 0) is 6.54 Å². The van der Waals surface area contributed by atoms with Crippen LogP contribution in [0.25, 0.3) is 22.3 Å². The molecule has 0 fully saturated rings. The smallest absolute Gasteiger partial charge is 0.272 e. The molecule has 2 aromatic heterocycles. The number of H-pyrrole nitrogens is 1. The van der Waals surface area contributed by atoms with E-state index < -0.39 is 0 Å². The van der Waals surface area contributed by atoms with E-state index in [1.54, 1.807) is 13.0 Å². The van der Waals surface area contributed by atoms with Gasteiger partial charge in [-0.1, -0.05) is 30.3 Å². The number of rotatable bonds is 4. The van der Waals surface area contributed by atoms with Crippen LogP contribution in [-0.4, -0.2) is 20.4 Å². The molecule has 6 nitrogen and oxygen atoms in total. The van der Waals surface area contributed by atoms with Crippen LogP contribution in [0.3, 0.4) is 0 Å². The molecule has 0 aliphatic carbocycles. The SMILES string of the molecule is CCn1c(C(=O)Nc2cccc(-c3nc(C)cc(=O)[nH]3)c2)cc2ccccc21. The van der Waals surface area contributed by atoms with Crippen molar-refractivity contribution in [1.82, 2.24) is 14.5 Å². The second kappa shape index (κ2) is 7.15. The fourth-order valence-electron chi connectivity index (χ4n) is 3.39. The normalized spacial score (nSPS) is 10.9. The number of nitrogens with zero attached hydrogens (tertiary/aromatic N) is 2. The van der Waals surface area contributed by atoms with E-state index in [0.29, 0.717) is 29.4 Å². The first-order chi connectivity index (χ1) is 13.5. The van der Waals surface area contributed by atoms with Crippen molar-refractivity contribution in [2.75, 3.05) is 5.32 Å². The van der Waals surface area contributed by atoms with Crippen molar-refractivity contribution in [2.45, 2.75) is 20.4 Å². The first-order valence-electron chi connectivity index (χ1n) is 9.13. The molecule has 0 atom stereocenters. The molecule has 28 heavy (non-hydrogen) atoms. The molecule has 0 spiro atoms. The van der Waals surface area contributed by atoms with Gasteiger partial charge in [-0.25, -0.2) is 4.98 Å². The molecule has 4 rings (SSSR count). The number of aryl methyl sites for hydroxylation is 2. The highest BCUT2D eigenvalue weighted by Crippen LogP contribution is 2.22. The van der Waals surface area contributed by atoms with Gasteiger partial charge in [0, 0.05) is 40.5 Å².